The number of hydrogen-bond donors (Lipinski definition) is 0. The lowest BCUT2D eigenvalue weighted by atomic mass is 9.86. The van der Waals surface area contributed by atoms with E-state index in [-0.39, 0.29) is 0 Å². The molecule has 0 aromatic carbocycles. The van der Waals surface area contributed by atoms with Crippen molar-refractivity contribution in [1.29, 1.82) is 0 Å². The number of halogens is 21. The minimum absolute atomic E-state index is 0.499. The van der Waals surface area contributed by atoms with Crippen LogP contribution in [0.25, 0.3) is 0 Å². The molecule has 0 radical (unpaired) electrons. The SMILES string of the molecule is O=C(N1CCOCC1)C(F)(F)C(F)(F)C(F)(F)C(F)(F)C(F)(F)C(F)(F)C(F)(F)C(F)(F)C(F)(F)C(F)(F)Cl. The van der Waals surface area contributed by atoms with Gasteiger partial charge in [0.1, 0.15) is 0 Å². The van der Waals surface area contributed by atoms with Crippen LogP contribution < -0.4 is 0 Å². The van der Waals surface area contributed by atoms with Crippen LogP contribution in [0.15, 0.2) is 0 Å². The Labute approximate surface area is 205 Å². The zero-order valence-electron chi connectivity index (χ0n) is 17.5. The van der Waals surface area contributed by atoms with Crippen LogP contribution in [0.2, 0.25) is 0 Å². The van der Waals surface area contributed by atoms with E-state index in [0.717, 1.165) is 0 Å². The number of alkyl halides is 21. The van der Waals surface area contributed by atoms with Gasteiger partial charge >= 0.3 is 58.7 Å². The van der Waals surface area contributed by atoms with Gasteiger partial charge < -0.3 is 9.64 Å². The van der Waals surface area contributed by atoms with Gasteiger partial charge in [-0.05, 0) is 11.6 Å². The maximum atomic E-state index is 13.9. The van der Waals surface area contributed by atoms with Gasteiger partial charge in [-0.3, -0.25) is 4.79 Å². The molecule has 0 atom stereocenters. The lowest BCUT2D eigenvalue weighted by Crippen LogP contribution is -2.77. The van der Waals surface area contributed by atoms with Gasteiger partial charge in [-0.25, -0.2) is 0 Å². The summed E-state index contributed by atoms with van der Waals surface area (Å²) in [6.45, 7) is -3.86. The minimum atomic E-state index is -9.16. The van der Waals surface area contributed by atoms with Crippen molar-refractivity contribution < 1.29 is 97.3 Å². The van der Waals surface area contributed by atoms with Gasteiger partial charge in [0, 0.05) is 13.1 Å². The van der Waals surface area contributed by atoms with Crippen LogP contribution in [-0.4, -0.2) is 95.8 Å². The number of nitrogens with zero attached hydrogens (tertiary/aromatic N) is 1. The summed E-state index contributed by atoms with van der Waals surface area (Å²) in [6, 6.07) is 0. The second kappa shape index (κ2) is 9.43. The molecule has 1 saturated heterocycles. The Balaban J connectivity index is 3.72. The van der Waals surface area contributed by atoms with Crippen molar-refractivity contribution in [2.75, 3.05) is 26.3 Å². The lowest BCUT2D eigenvalue weighted by molar-refractivity contribution is -0.464. The van der Waals surface area contributed by atoms with Crippen molar-refractivity contribution in [3.8, 4) is 0 Å². The fraction of sp³-hybridized carbons (Fsp3) is 0.933. The molecule has 0 aromatic rings. The van der Waals surface area contributed by atoms with Crippen molar-refractivity contribution in [2.24, 2.45) is 0 Å². The van der Waals surface area contributed by atoms with Crippen LogP contribution in [0.1, 0.15) is 0 Å². The van der Waals surface area contributed by atoms with E-state index in [1.807, 2.05) is 0 Å². The number of carbonyl (C=O) groups is 1. The third-order valence-electron chi connectivity index (χ3n) is 5.08. The first kappa shape index (κ1) is 35.3. The first-order valence-corrected chi connectivity index (χ1v) is 9.48. The summed E-state index contributed by atoms with van der Waals surface area (Å²) in [7, 11) is 0. The Morgan fingerprint density at radius 2 is 0.744 bits per heavy atom. The second-order valence-electron chi connectivity index (χ2n) is 7.57. The van der Waals surface area contributed by atoms with Crippen LogP contribution in [0.5, 0.6) is 0 Å². The largest absolute Gasteiger partial charge is 0.393 e. The molecule has 1 rings (SSSR count). The Bertz CT molecular complexity index is 923. The van der Waals surface area contributed by atoms with Crippen LogP contribution in [-0.2, 0) is 9.53 Å². The van der Waals surface area contributed by atoms with Crippen LogP contribution in [0.4, 0.5) is 87.8 Å². The Hall–Kier alpha value is -1.68. The second-order valence-corrected chi connectivity index (χ2v) is 8.05. The summed E-state index contributed by atoms with van der Waals surface area (Å²) in [6.07, 6.45) is 0. The van der Waals surface area contributed by atoms with Crippen molar-refractivity contribution in [1.82, 2.24) is 4.90 Å². The van der Waals surface area contributed by atoms with Crippen LogP contribution >= 0.6 is 11.6 Å². The van der Waals surface area contributed by atoms with Crippen molar-refractivity contribution in [2.45, 2.75) is 58.7 Å². The summed E-state index contributed by atoms with van der Waals surface area (Å²) in [5, 5.41) is -7.06. The predicted molar refractivity (Wildman–Crippen MR) is 82.7 cm³/mol. The molecule has 24 heteroatoms. The molecule has 0 aliphatic carbocycles. The van der Waals surface area contributed by atoms with E-state index in [0.29, 0.717) is 0 Å². The van der Waals surface area contributed by atoms with Gasteiger partial charge in [0.05, 0.1) is 13.2 Å². The number of rotatable bonds is 10. The number of hydrogen-bond acceptors (Lipinski definition) is 2. The molecule has 0 N–H and O–H groups in total. The topological polar surface area (TPSA) is 29.5 Å². The summed E-state index contributed by atoms with van der Waals surface area (Å²) in [5.74, 6) is -80.8. The van der Waals surface area contributed by atoms with Gasteiger partial charge in [0.25, 0.3) is 5.91 Å². The maximum Gasteiger partial charge on any atom is 0.393 e. The van der Waals surface area contributed by atoms with Crippen LogP contribution in [0, 0.1) is 0 Å². The molecule has 1 fully saturated rings. The highest BCUT2D eigenvalue weighted by Gasteiger charge is 2.98. The molecule has 232 valence electrons. The van der Waals surface area contributed by atoms with Crippen molar-refractivity contribution >= 4 is 17.5 Å². The first-order chi connectivity index (χ1) is 16.8. The Morgan fingerprint density at radius 3 is 1.03 bits per heavy atom. The molecular formula is C15H8ClF20NO2. The lowest BCUT2D eigenvalue weighted by Gasteiger charge is -2.44. The van der Waals surface area contributed by atoms with Gasteiger partial charge in [0.15, 0.2) is 0 Å². The Kier molecular flexibility index (Phi) is 8.55. The third-order valence-corrected chi connectivity index (χ3v) is 5.31. The standard InChI is InChI=1S/C15H8ClF20NO2/c16-15(35,36)14(33,34)13(31,32)12(29,30)11(27,28)10(25,26)9(23,24)8(21,22)7(19,20)6(17,18)5(38)37-1-3-39-4-2-37/h1-4H2. The molecule has 0 unspecified atom stereocenters. The molecule has 39 heavy (non-hydrogen) atoms. The molecule has 0 saturated carbocycles. The zero-order valence-corrected chi connectivity index (χ0v) is 18.3. The summed E-state index contributed by atoms with van der Waals surface area (Å²) >= 11 is 3.32. The predicted octanol–water partition coefficient (Wildman–Crippen LogP) is 6.39. The molecule has 1 aliphatic heterocycles. The smallest absolute Gasteiger partial charge is 0.378 e. The van der Waals surface area contributed by atoms with Gasteiger partial charge in [-0.1, -0.05) is 0 Å². The van der Waals surface area contributed by atoms with E-state index >= 15 is 0 Å². The Morgan fingerprint density at radius 1 is 0.487 bits per heavy atom. The number of amides is 1. The molecule has 0 aromatic heterocycles. The molecule has 1 aliphatic rings. The minimum Gasteiger partial charge on any atom is -0.378 e. The van der Waals surface area contributed by atoms with Gasteiger partial charge in [-0.2, -0.15) is 87.8 Å². The normalized spacial score (nSPS) is 18.4. The van der Waals surface area contributed by atoms with E-state index in [1.54, 1.807) is 0 Å². The molecule has 0 bridgehead atoms. The molecular weight excluding hydrogens is 642 g/mol. The van der Waals surface area contributed by atoms with Gasteiger partial charge in [-0.15, -0.1) is 0 Å². The van der Waals surface area contributed by atoms with Crippen LogP contribution in [0.3, 0.4) is 0 Å². The van der Waals surface area contributed by atoms with Gasteiger partial charge in [0.2, 0.25) is 0 Å². The number of carbonyl (C=O) groups excluding carboxylic acids is 1. The fourth-order valence-electron chi connectivity index (χ4n) is 2.66. The monoisotopic (exact) mass is 649 g/mol. The summed E-state index contributed by atoms with van der Waals surface area (Å²) in [5.41, 5.74) is 0. The molecule has 0 spiro atoms. The van der Waals surface area contributed by atoms with Crippen molar-refractivity contribution in [3.63, 3.8) is 0 Å². The average molecular weight is 650 g/mol. The number of ether oxygens (including phenoxy) is 1. The highest BCUT2D eigenvalue weighted by molar-refractivity contribution is 6.22. The van der Waals surface area contributed by atoms with Crippen molar-refractivity contribution in [3.05, 3.63) is 0 Å². The van der Waals surface area contributed by atoms with E-state index in [9.17, 15) is 92.6 Å². The summed E-state index contributed by atoms with van der Waals surface area (Å²) < 4.78 is 274. The average Bonchev–Trinajstić information content (AvgIpc) is 2.77. The fourth-order valence-corrected chi connectivity index (χ4v) is 2.78. The maximum absolute atomic E-state index is 13.9. The molecule has 1 heterocycles. The quantitative estimate of drug-likeness (QED) is 0.203. The summed E-state index contributed by atoms with van der Waals surface area (Å²) in [4.78, 5) is 11.0. The highest BCUT2D eigenvalue weighted by atomic mass is 35.5. The van der Waals surface area contributed by atoms with E-state index in [2.05, 4.69) is 16.3 Å². The number of morpholine rings is 1. The van der Waals surface area contributed by atoms with E-state index < -0.39 is 95.8 Å². The third kappa shape index (κ3) is 4.52. The zero-order chi connectivity index (χ0) is 31.7. The highest BCUT2D eigenvalue weighted by Crippen LogP contribution is 2.66. The molecule has 3 nitrogen and oxygen atoms in total. The first-order valence-electron chi connectivity index (χ1n) is 9.11. The molecule has 1 amide bonds. The van der Waals surface area contributed by atoms with E-state index in [1.165, 1.54) is 0 Å². The van der Waals surface area contributed by atoms with E-state index in [4.69, 9.17) is 0 Å².